The minimum Gasteiger partial charge on any atom is -0.454 e. The van der Waals surface area contributed by atoms with Gasteiger partial charge in [-0.2, -0.15) is 13.2 Å². The van der Waals surface area contributed by atoms with Crippen molar-refractivity contribution in [2.75, 3.05) is 6.61 Å². The molecule has 0 N–H and O–H groups in total. The van der Waals surface area contributed by atoms with Gasteiger partial charge in [0.05, 0.1) is 31.2 Å². The van der Waals surface area contributed by atoms with Crippen molar-refractivity contribution in [2.45, 2.75) is 25.4 Å². The maximum atomic E-state index is 12.5. The fraction of sp³-hybridized carbons (Fsp3) is 0.278. The number of aromatic nitrogens is 4. The van der Waals surface area contributed by atoms with Gasteiger partial charge in [0, 0.05) is 4.98 Å². The van der Waals surface area contributed by atoms with Crippen molar-refractivity contribution in [3.63, 3.8) is 0 Å². The van der Waals surface area contributed by atoms with Gasteiger partial charge in [0.2, 0.25) is 0 Å². The summed E-state index contributed by atoms with van der Waals surface area (Å²) in [6, 6.07) is 5.41. The summed E-state index contributed by atoms with van der Waals surface area (Å²) in [5, 5.41) is 10.8. The Labute approximate surface area is 172 Å². The number of rotatable bonds is 6. The van der Waals surface area contributed by atoms with Gasteiger partial charge in [-0.25, -0.2) is 4.98 Å². The van der Waals surface area contributed by atoms with E-state index >= 15 is 0 Å². The van der Waals surface area contributed by atoms with Gasteiger partial charge in [0.15, 0.2) is 0 Å². The van der Waals surface area contributed by atoms with E-state index < -0.39 is 16.8 Å². The second-order valence-electron chi connectivity index (χ2n) is 6.50. The number of fused-ring (bicyclic) bond motifs is 1. The average molecular weight is 437 g/mol. The van der Waals surface area contributed by atoms with Crippen LogP contribution in [0.1, 0.15) is 11.4 Å². The first-order valence-electron chi connectivity index (χ1n) is 8.90. The van der Waals surface area contributed by atoms with Crippen LogP contribution in [-0.2, 0) is 24.1 Å². The van der Waals surface area contributed by atoms with Crippen molar-refractivity contribution >= 4 is 5.82 Å². The van der Waals surface area contributed by atoms with Crippen LogP contribution in [0.5, 0.6) is 17.5 Å². The quantitative estimate of drug-likeness (QED) is 0.426. The van der Waals surface area contributed by atoms with Crippen LogP contribution in [0.4, 0.5) is 19.0 Å². The highest BCUT2D eigenvalue weighted by atomic mass is 19.4. The molecule has 0 unspecified atom stereocenters. The lowest BCUT2D eigenvalue weighted by Crippen LogP contribution is -2.32. The Morgan fingerprint density at radius 1 is 1.19 bits per heavy atom. The highest BCUT2D eigenvalue weighted by Gasteiger charge is 2.32. The largest absolute Gasteiger partial charge is 0.454 e. The van der Waals surface area contributed by atoms with E-state index in [0.29, 0.717) is 18.0 Å². The van der Waals surface area contributed by atoms with Crippen LogP contribution in [0.15, 0.2) is 42.9 Å². The molecular weight excluding hydrogens is 423 g/mol. The molecule has 0 bridgehead atoms. The number of hydrogen-bond acceptors (Lipinski definition) is 8. The minimum atomic E-state index is -4.51. The summed E-state index contributed by atoms with van der Waals surface area (Å²) in [5.41, 5.74) is -0.421. The number of ether oxygens (including phenoxy) is 3. The number of halogens is 3. The number of nitro groups is 1. The third-order valence-electron chi connectivity index (χ3n) is 4.24. The second kappa shape index (κ2) is 8.18. The number of alkyl halides is 3. The van der Waals surface area contributed by atoms with E-state index in [2.05, 4.69) is 15.0 Å². The highest BCUT2D eigenvalue weighted by Crippen LogP contribution is 2.29. The molecule has 0 aliphatic carbocycles. The van der Waals surface area contributed by atoms with Gasteiger partial charge in [-0.15, -0.1) is 0 Å². The standard InChI is InChI=1S/C18H14F3N5O5/c19-18(20,21)15-4-3-13(6-23-15)31-12-2-1-11(22-5-12)9-29-14-7-25-8-16(26(27)28)24-17(25)30-10-14/h1-6,8,14H,7,9-10H2/t14-/m0/s1. The van der Waals surface area contributed by atoms with Crippen molar-refractivity contribution < 1.29 is 32.3 Å². The van der Waals surface area contributed by atoms with E-state index in [9.17, 15) is 23.3 Å². The lowest BCUT2D eigenvalue weighted by molar-refractivity contribution is -0.389. The topological polar surface area (TPSA) is 114 Å². The SMILES string of the molecule is O=[N+]([O-])c1cn2c(n1)OC[C@@H](OCc1ccc(Oc3ccc(C(F)(F)F)nc3)cn1)C2. The summed E-state index contributed by atoms with van der Waals surface area (Å²) >= 11 is 0. The molecule has 10 nitrogen and oxygen atoms in total. The van der Waals surface area contributed by atoms with Gasteiger partial charge in [-0.3, -0.25) is 9.55 Å². The zero-order valence-corrected chi connectivity index (χ0v) is 15.7. The summed E-state index contributed by atoms with van der Waals surface area (Å²) in [6.07, 6.45) is -1.19. The van der Waals surface area contributed by atoms with Crippen LogP contribution >= 0.6 is 0 Å². The van der Waals surface area contributed by atoms with E-state index in [1.54, 1.807) is 12.1 Å². The van der Waals surface area contributed by atoms with Gasteiger partial charge >= 0.3 is 18.0 Å². The van der Waals surface area contributed by atoms with Crippen LogP contribution in [0.2, 0.25) is 0 Å². The molecule has 1 atom stereocenters. The van der Waals surface area contributed by atoms with Crippen molar-refractivity contribution in [1.29, 1.82) is 0 Å². The first-order valence-corrected chi connectivity index (χ1v) is 8.90. The predicted molar refractivity (Wildman–Crippen MR) is 96.5 cm³/mol. The van der Waals surface area contributed by atoms with E-state index in [-0.39, 0.29) is 36.9 Å². The first-order chi connectivity index (χ1) is 14.8. The highest BCUT2D eigenvalue weighted by molar-refractivity contribution is 5.29. The monoisotopic (exact) mass is 437 g/mol. The summed E-state index contributed by atoms with van der Waals surface area (Å²) in [6.45, 7) is 0.691. The van der Waals surface area contributed by atoms with Crippen LogP contribution in [0.3, 0.4) is 0 Å². The lowest BCUT2D eigenvalue weighted by atomic mass is 10.3. The normalized spacial score (nSPS) is 15.8. The summed E-state index contributed by atoms with van der Waals surface area (Å²) in [4.78, 5) is 21.5. The van der Waals surface area contributed by atoms with Crippen molar-refractivity contribution in [3.8, 4) is 17.5 Å². The molecule has 3 aromatic rings. The Morgan fingerprint density at radius 3 is 2.55 bits per heavy atom. The van der Waals surface area contributed by atoms with Crippen LogP contribution < -0.4 is 9.47 Å². The fourth-order valence-corrected chi connectivity index (χ4v) is 2.76. The minimum absolute atomic E-state index is 0.142. The zero-order chi connectivity index (χ0) is 22.0. The molecule has 0 aromatic carbocycles. The molecular formula is C18H14F3N5O5. The molecule has 3 aromatic heterocycles. The summed E-state index contributed by atoms with van der Waals surface area (Å²) in [7, 11) is 0. The van der Waals surface area contributed by atoms with E-state index in [4.69, 9.17) is 14.2 Å². The molecule has 0 saturated carbocycles. The first kappa shape index (κ1) is 20.5. The lowest BCUT2D eigenvalue weighted by Gasteiger charge is -2.22. The molecule has 4 heterocycles. The maximum Gasteiger partial charge on any atom is 0.433 e. The van der Waals surface area contributed by atoms with Gasteiger partial charge in [-0.1, -0.05) is 0 Å². The molecule has 0 amide bonds. The zero-order valence-electron chi connectivity index (χ0n) is 15.7. The van der Waals surface area contributed by atoms with Crippen LogP contribution in [0.25, 0.3) is 0 Å². The van der Waals surface area contributed by atoms with Crippen LogP contribution in [-0.4, -0.2) is 37.2 Å². The van der Waals surface area contributed by atoms with E-state index in [1.807, 2.05) is 0 Å². The summed E-state index contributed by atoms with van der Waals surface area (Å²) < 4.78 is 55.7. The Balaban J connectivity index is 1.30. The predicted octanol–water partition coefficient (Wildman–Crippen LogP) is 3.37. The smallest absolute Gasteiger partial charge is 0.433 e. The molecule has 0 spiro atoms. The molecule has 13 heteroatoms. The molecule has 4 rings (SSSR count). The van der Waals surface area contributed by atoms with Crippen molar-refractivity contribution in [2.24, 2.45) is 0 Å². The average Bonchev–Trinajstić information content (AvgIpc) is 3.17. The Morgan fingerprint density at radius 2 is 1.94 bits per heavy atom. The Hall–Kier alpha value is -3.74. The molecule has 0 saturated heterocycles. The number of nitrogens with zero attached hydrogens (tertiary/aromatic N) is 5. The third kappa shape index (κ3) is 4.88. The number of imidazole rings is 1. The van der Waals surface area contributed by atoms with Gasteiger partial charge in [0.1, 0.15) is 36.1 Å². The molecule has 162 valence electrons. The Bertz CT molecular complexity index is 1070. The maximum absolute atomic E-state index is 12.5. The molecule has 0 fully saturated rings. The van der Waals surface area contributed by atoms with E-state index in [1.165, 1.54) is 23.0 Å². The van der Waals surface area contributed by atoms with E-state index in [0.717, 1.165) is 12.3 Å². The molecule has 1 aliphatic rings. The van der Waals surface area contributed by atoms with Crippen LogP contribution in [0, 0.1) is 10.1 Å². The molecule has 31 heavy (non-hydrogen) atoms. The molecule has 1 aliphatic heterocycles. The Kier molecular flexibility index (Phi) is 5.42. The number of hydrogen-bond donors (Lipinski definition) is 0. The van der Waals surface area contributed by atoms with Gasteiger partial charge in [-0.05, 0) is 29.2 Å². The van der Waals surface area contributed by atoms with Gasteiger partial charge < -0.3 is 24.3 Å². The summed E-state index contributed by atoms with van der Waals surface area (Å²) in [5.74, 6) is 0.168. The van der Waals surface area contributed by atoms with Crippen molar-refractivity contribution in [3.05, 3.63) is 64.4 Å². The molecule has 0 radical (unpaired) electrons. The van der Waals surface area contributed by atoms with Gasteiger partial charge in [0.25, 0.3) is 0 Å². The third-order valence-corrected chi connectivity index (χ3v) is 4.24. The number of pyridine rings is 2. The van der Waals surface area contributed by atoms with Crippen molar-refractivity contribution in [1.82, 2.24) is 19.5 Å². The fourth-order valence-electron chi connectivity index (χ4n) is 2.76. The second-order valence-corrected chi connectivity index (χ2v) is 6.50.